The molecule has 112 valence electrons. The molecule has 0 radical (unpaired) electrons. The van der Waals surface area contributed by atoms with Gasteiger partial charge in [-0.3, -0.25) is 6.29 Å². The standard InChI is InChI=1S/C18H16NO3/c20-10-15(12-4-2-1-3-5-12)18-14-9-17-16(21-11-22-17)8-13(14)6-7-19-18/h1-5,8-9,15,18-19H,6-7,11H2/q-1. The number of hydrogen-bond acceptors (Lipinski definition) is 4. The van der Waals surface area contributed by atoms with Crippen molar-refractivity contribution < 1.29 is 14.3 Å². The second-order valence-corrected chi connectivity index (χ2v) is 5.59. The molecule has 2 aromatic carbocycles. The fraction of sp³-hybridized carbons (Fsp3) is 0.278. The lowest BCUT2D eigenvalue weighted by Crippen LogP contribution is -2.34. The average Bonchev–Trinajstić information content (AvgIpc) is 3.02. The van der Waals surface area contributed by atoms with Gasteiger partial charge in [-0.25, -0.2) is 0 Å². The minimum atomic E-state index is -0.333. The summed E-state index contributed by atoms with van der Waals surface area (Å²) in [6.45, 7) is 1.10. The number of benzene rings is 2. The van der Waals surface area contributed by atoms with E-state index in [1.165, 1.54) is 5.56 Å². The van der Waals surface area contributed by atoms with Crippen LogP contribution in [0.3, 0.4) is 0 Å². The second kappa shape index (κ2) is 5.46. The van der Waals surface area contributed by atoms with Crippen molar-refractivity contribution in [1.82, 2.24) is 5.32 Å². The van der Waals surface area contributed by atoms with Crippen LogP contribution in [0.25, 0.3) is 0 Å². The lowest BCUT2D eigenvalue weighted by Gasteiger charge is -2.36. The molecule has 1 N–H and O–H groups in total. The Hall–Kier alpha value is -2.33. The van der Waals surface area contributed by atoms with Crippen LogP contribution in [0.2, 0.25) is 0 Å². The van der Waals surface area contributed by atoms with Gasteiger partial charge in [0.15, 0.2) is 11.5 Å². The molecule has 4 nitrogen and oxygen atoms in total. The first-order chi connectivity index (χ1) is 10.9. The van der Waals surface area contributed by atoms with Gasteiger partial charge in [-0.05, 0) is 36.2 Å². The van der Waals surface area contributed by atoms with Crippen LogP contribution in [0.1, 0.15) is 28.7 Å². The minimum absolute atomic E-state index is 0.0850. The molecule has 0 amide bonds. The summed E-state index contributed by atoms with van der Waals surface area (Å²) in [7, 11) is 0. The number of rotatable bonds is 3. The first-order valence-corrected chi connectivity index (χ1v) is 7.45. The molecule has 0 spiro atoms. The van der Waals surface area contributed by atoms with Crippen LogP contribution >= 0.6 is 0 Å². The smallest absolute Gasteiger partial charge is 0.231 e. The highest BCUT2D eigenvalue weighted by atomic mass is 16.7. The average molecular weight is 294 g/mol. The van der Waals surface area contributed by atoms with E-state index in [1.54, 1.807) is 0 Å². The normalized spacial score (nSPS) is 20.3. The number of carbonyl (C=O) groups excluding carboxylic acids is 1. The van der Waals surface area contributed by atoms with E-state index in [-0.39, 0.29) is 18.8 Å². The van der Waals surface area contributed by atoms with Gasteiger partial charge in [-0.1, -0.05) is 41.8 Å². The third-order valence-corrected chi connectivity index (χ3v) is 4.35. The lowest BCUT2D eigenvalue weighted by atomic mass is 9.83. The van der Waals surface area contributed by atoms with Crippen molar-refractivity contribution in [1.29, 1.82) is 0 Å². The van der Waals surface area contributed by atoms with E-state index in [0.717, 1.165) is 35.6 Å². The predicted molar refractivity (Wildman–Crippen MR) is 81.9 cm³/mol. The van der Waals surface area contributed by atoms with Gasteiger partial charge in [0, 0.05) is 6.04 Å². The highest BCUT2D eigenvalue weighted by Crippen LogP contribution is 2.41. The van der Waals surface area contributed by atoms with Gasteiger partial charge in [0.05, 0.1) is 0 Å². The number of fused-ring (bicyclic) bond motifs is 2. The molecule has 2 aliphatic heterocycles. The van der Waals surface area contributed by atoms with Crippen LogP contribution < -0.4 is 14.8 Å². The maximum Gasteiger partial charge on any atom is 0.231 e. The summed E-state index contributed by atoms with van der Waals surface area (Å²) in [5.74, 6) is 1.22. The molecule has 22 heavy (non-hydrogen) atoms. The van der Waals surface area contributed by atoms with Crippen molar-refractivity contribution in [3.63, 3.8) is 0 Å². The maximum absolute atomic E-state index is 11.6. The van der Waals surface area contributed by atoms with Crippen LogP contribution in [0.5, 0.6) is 11.5 Å². The molecular formula is C18H16NO3-. The highest BCUT2D eigenvalue weighted by Gasteiger charge is 2.27. The van der Waals surface area contributed by atoms with Gasteiger partial charge in [0.2, 0.25) is 6.79 Å². The Morgan fingerprint density at radius 1 is 1.14 bits per heavy atom. The molecule has 0 saturated carbocycles. The van der Waals surface area contributed by atoms with Crippen molar-refractivity contribution in [2.45, 2.75) is 18.4 Å². The highest BCUT2D eigenvalue weighted by molar-refractivity contribution is 5.66. The summed E-state index contributed by atoms with van der Waals surface area (Å²) in [5.41, 5.74) is 3.29. The van der Waals surface area contributed by atoms with Crippen molar-refractivity contribution >= 4 is 6.29 Å². The minimum Gasteiger partial charge on any atom is -0.541 e. The molecule has 2 atom stereocenters. The molecule has 0 aliphatic carbocycles. The summed E-state index contributed by atoms with van der Waals surface area (Å²) < 4.78 is 10.9. The molecule has 2 aromatic rings. The van der Waals surface area contributed by atoms with Gasteiger partial charge in [0.25, 0.3) is 0 Å². The Balaban J connectivity index is 1.77. The Labute approximate surface area is 129 Å². The lowest BCUT2D eigenvalue weighted by molar-refractivity contribution is 0.174. The van der Waals surface area contributed by atoms with Gasteiger partial charge in [-0.2, -0.15) is 0 Å². The quantitative estimate of drug-likeness (QED) is 0.884. The van der Waals surface area contributed by atoms with Crippen LogP contribution in [0.4, 0.5) is 0 Å². The molecule has 4 rings (SSSR count). The Morgan fingerprint density at radius 3 is 2.68 bits per heavy atom. The fourth-order valence-electron chi connectivity index (χ4n) is 3.26. The first kappa shape index (κ1) is 13.3. The summed E-state index contributed by atoms with van der Waals surface area (Å²) in [6.07, 6.45) is 3.13. The van der Waals surface area contributed by atoms with Crippen LogP contribution in [0, 0.1) is 0 Å². The van der Waals surface area contributed by atoms with Gasteiger partial charge < -0.3 is 19.6 Å². The zero-order valence-electron chi connectivity index (χ0n) is 12.0. The largest absolute Gasteiger partial charge is 0.541 e. The summed E-state index contributed by atoms with van der Waals surface area (Å²) in [4.78, 5) is 11.6. The number of hydrogen-bond donors (Lipinski definition) is 1. The molecule has 0 fully saturated rings. The van der Waals surface area contributed by atoms with Crippen LogP contribution in [-0.2, 0) is 11.2 Å². The zero-order valence-corrected chi connectivity index (χ0v) is 12.0. The molecule has 2 heterocycles. The molecule has 0 saturated heterocycles. The Bertz CT molecular complexity index is 699. The van der Waals surface area contributed by atoms with Crippen LogP contribution in [0.15, 0.2) is 42.5 Å². The fourth-order valence-corrected chi connectivity index (χ4v) is 3.26. The van der Waals surface area contributed by atoms with Gasteiger partial charge in [-0.15, -0.1) is 0 Å². The summed E-state index contributed by atoms with van der Waals surface area (Å²) in [5, 5.41) is 3.46. The molecule has 0 bridgehead atoms. The SMILES string of the molecule is O=[C-]C(c1ccccc1)C1NCCc2cc3c(cc21)OCO3. The molecule has 2 unspecified atom stereocenters. The van der Waals surface area contributed by atoms with Crippen molar-refractivity contribution in [3.05, 3.63) is 59.2 Å². The molecular weight excluding hydrogens is 278 g/mol. The van der Waals surface area contributed by atoms with Crippen molar-refractivity contribution in [2.75, 3.05) is 13.3 Å². The molecule has 0 aromatic heterocycles. The predicted octanol–water partition coefficient (Wildman–Crippen LogP) is 2.50. The Morgan fingerprint density at radius 2 is 1.91 bits per heavy atom. The Kier molecular flexibility index (Phi) is 3.31. The third-order valence-electron chi connectivity index (χ3n) is 4.35. The van der Waals surface area contributed by atoms with E-state index >= 15 is 0 Å². The van der Waals surface area contributed by atoms with Gasteiger partial charge in [0.1, 0.15) is 0 Å². The van der Waals surface area contributed by atoms with Gasteiger partial charge >= 0.3 is 0 Å². The summed E-state index contributed by atoms with van der Waals surface area (Å²) >= 11 is 0. The second-order valence-electron chi connectivity index (χ2n) is 5.59. The van der Waals surface area contributed by atoms with E-state index in [1.807, 2.05) is 42.5 Å². The maximum atomic E-state index is 11.6. The molecule has 4 heteroatoms. The number of nitrogens with one attached hydrogen (secondary N) is 1. The number of ether oxygens (including phenoxy) is 2. The summed E-state index contributed by atoms with van der Waals surface area (Å²) in [6, 6.07) is 13.7. The van der Waals surface area contributed by atoms with E-state index in [0.29, 0.717) is 0 Å². The van der Waals surface area contributed by atoms with Crippen molar-refractivity contribution in [3.8, 4) is 11.5 Å². The third kappa shape index (κ3) is 2.16. The zero-order chi connectivity index (χ0) is 14.9. The van der Waals surface area contributed by atoms with E-state index < -0.39 is 0 Å². The van der Waals surface area contributed by atoms with E-state index in [4.69, 9.17) is 9.47 Å². The van der Waals surface area contributed by atoms with E-state index in [9.17, 15) is 4.79 Å². The monoisotopic (exact) mass is 294 g/mol. The topological polar surface area (TPSA) is 47.6 Å². The molecule has 2 aliphatic rings. The van der Waals surface area contributed by atoms with Crippen molar-refractivity contribution in [2.24, 2.45) is 0 Å². The first-order valence-electron chi connectivity index (χ1n) is 7.45. The van der Waals surface area contributed by atoms with Crippen LogP contribution in [-0.4, -0.2) is 19.6 Å². The van der Waals surface area contributed by atoms with E-state index in [2.05, 4.69) is 11.6 Å².